The third-order valence-electron chi connectivity index (χ3n) is 5.45. The highest BCUT2D eigenvalue weighted by molar-refractivity contribution is 5.88. The number of hydrogen-bond donors (Lipinski definition) is 1. The van der Waals surface area contributed by atoms with Crippen LogP contribution in [-0.2, 0) is 11.3 Å². The van der Waals surface area contributed by atoms with Crippen LogP contribution >= 0.6 is 0 Å². The number of hydrogen-bond acceptors (Lipinski definition) is 7. The van der Waals surface area contributed by atoms with Crippen LogP contribution in [0.3, 0.4) is 0 Å². The number of carbonyl (C=O) groups is 1. The van der Waals surface area contributed by atoms with Crippen LogP contribution in [-0.4, -0.2) is 40.2 Å². The minimum Gasteiger partial charge on any atom is -0.491 e. The second-order valence-corrected chi connectivity index (χ2v) is 8.36. The number of carbonyl (C=O) groups excluding carboxylic acids is 1. The summed E-state index contributed by atoms with van der Waals surface area (Å²) in [6.07, 6.45) is 1.93. The number of nitrogens with one attached hydrogen (secondary N) is 1. The number of benzene rings is 1. The van der Waals surface area contributed by atoms with Gasteiger partial charge in [-0.2, -0.15) is 4.98 Å². The van der Waals surface area contributed by atoms with E-state index in [-0.39, 0.29) is 17.9 Å². The molecule has 164 valence electrons. The number of aromatic nitrogens is 3. The maximum absolute atomic E-state index is 12.9. The zero-order valence-electron chi connectivity index (χ0n) is 18.5. The molecular formula is C23H29N5O3. The Morgan fingerprint density at radius 3 is 2.77 bits per heavy atom. The van der Waals surface area contributed by atoms with Crippen LogP contribution in [0, 0.1) is 19.8 Å². The molecule has 8 nitrogen and oxygen atoms in total. The normalized spacial score (nSPS) is 16.7. The number of anilines is 1. The molecule has 3 heterocycles. The van der Waals surface area contributed by atoms with Crippen molar-refractivity contribution in [3.63, 3.8) is 0 Å². The molecule has 0 saturated carbocycles. The van der Waals surface area contributed by atoms with Crippen molar-refractivity contribution in [2.24, 2.45) is 5.92 Å². The van der Waals surface area contributed by atoms with Gasteiger partial charge in [0.2, 0.25) is 5.91 Å². The number of ether oxygens (including phenoxy) is 1. The topological polar surface area (TPSA) is 93.4 Å². The number of amides is 1. The van der Waals surface area contributed by atoms with Crippen molar-refractivity contribution in [3.05, 3.63) is 41.3 Å². The molecule has 31 heavy (non-hydrogen) atoms. The largest absolute Gasteiger partial charge is 0.491 e. The number of rotatable bonds is 6. The van der Waals surface area contributed by atoms with Gasteiger partial charge in [-0.1, -0.05) is 17.3 Å². The Balaban J connectivity index is 1.41. The lowest BCUT2D eigenvalue weighted by molar-refractivity contribution is -0.125. The summed E-state index contributed by atoms with van der Waals surface area (Å²) in [4.78, 5) is 24.0. The van der Waals surface area contributed by atoms with E-state index < -0.39 is 0 Å². The third-order valence-corrected chi connectivity index (χ3v) is 5.45. The van der Waals surface area contributed by atoms with E-state index >= 15 is 0 Å². The number of aryl methyl sites for hydroxylation is 2. The van der Waals surface area contributed by atoms with Crippen LogP contribution in [0.1, 0.15) is 43.8 Å². The fraction of sp³-hybridized carbons (Fsp3) is 0.478. The fourth-order valence-electron chi connectivity index (χ4n) is 3.98. The van der Waals surface area contributed by atoms with Gasteiger partial charge in [0.25, 0.3) is 5.71 Å². The summed E-state index contributed by atoms with van der Waals surface area (Å²) in [6, 6.07) is 7.85. The van der Waals surface area contributed by atoms with E-state index in [1.165, 1.54) is 0 Å². The van der Waals surface area contributed by atoms with Crippen LogP contribution < -0.4 is 15.0 Å². The van der Waals surface area contributed by atoms with Crippen molar-refractivity contribution in [2.75, 3.05) is 18.0 Å². The molecular weight excluding hydrogens is 394 g/mol. The maximum atomic E-state index is 12.9. The Morgan fingerprint density at radius 2 is 2.03 bits per heavy atom. The Hall–Kier alpha value is -3.16. The minimum absolute atomic E-state index is 0.0660. The lowest BCUT2D eigenvalue weighted by atomic mass is 9.96. The van der Waals surface area contributed by atoms with Gasteiger partial charge in [0.05, 0.1) is 17.7 Å². The van der Waals surface area contributed by atoms with E-state index in [1.807, 2.05) is 52.0 Å². The molecule has 1 N–H and O–H groups in total. The predicted octanol–water partition coefficient (Wildman–Crippen LogP) is 3.55. The van der Waals surface area contributed by atoms with Crippen molar-refractivity contribution < 1.29 is 14.1 Å². The molecule has 3 aromatic rings. The quantitative estimate of drug-likeness (QED) is 0.648. The molecule has 1 unspecified atom stereocenters. The van der Waals surface area contributed by atoms with Gasteiger partial charge < -0.3 is 19.5 Å². The number of nitrogens with zero attached hydrogens (tertiary/aromatic N) is 4. The second kappa shape index (κ2) is 8.91. The lowest BCUT2D eigenvalue weighted by Gasteiger charge is -2.33. The molecule has 4 rings (SSSR count). The fourth-order valence-corrected chi connectivity index (χ4v) is 3.98. The molecule has 0 spiro atoms. The SMILES string of the molecule is Cc1nc(N2CCCC(C(=O)NCc3ccc(OC(C)C)cc3)C2)c2c(C)noc2n1. The molecule has 1 aliphatic heterocycles. The summed E-state index contributed by atoms with van der Waals surface area (Å²) < 4.78 is 11.0. The Bertz CT molecular complexity index is 1060. The summed E-state index contributed by atoms with van der Waals surface area (Å²) in [5.41, 5.74) is 2.31. The van der Waals surface area contributed by atoms with E-state index in [0.29, 0.717) is 24.6 Å². The van der Waals surface area contributed by atoms with Gasteiger partial charge in [-0.3, -0.25) is 4.79 Å². The van der Waals surface area contributed by atoms with Crippen molar-refractivity contribution in [3.8, 4) is 5.75 Å². The van der Waals surface area contributed by atoms with Crippen LogP contribution in [0.5, 0.6) is 5.75 Å². The molecule has 1 saturated heterocycles. The summed E-state index contributed by atoms with van der Waals surface area (Å²) in [5.74, 6) is 2.25. The van der Waals surface area contributed by atoms with Crippen molar-refractivity contribution >= 4 is 22.8 Å². The van der Waals surface area contributed by atoms with Crippen LogP contribution in [0.25, 0.3) is 11.1 Å². The molecule has 1 fully saturated rings. The van der Waals surface area contributed by atoms with Crippen LogP contribution in [0.2, 0.25) is 0 Å². The predicted molar refractivity (Wildman–Crippen MR) is 118 cm³/mol. The Kier molecular flexibility index (Phi) is 6.06. The van der Waals surface area contributed by atoms with Gasteiger partial charge in [-0.15, -0.1) is 0 Å². The summed E-state index contributed by atoms with van der Waals surface area (Å²) in [7, 11) is 0. The molecule has 1 aliphatic rings. The van der Waals surface area contributed by atoms with E-state index in [9.17, 15) is 4.79 Å². The average molecular weight is 424 g/mol. The van der Waals surface area contributed by atoms with Crippen molar-refractivity contribution in [1.29, 1.82) is 0 Å². The highest BCUT2D eigenvalue weighted by atomic mass is 16.5. The van der Waals surface area contributed by atoms with Crippen LogP contribution in [0.4, 0.5) is 5.82 Å². The van der Waals surface area contributed by atoms with Gasteiger partial charge in [0.1, 0.15) is 22.8 Å². The van der Waals surface area contributed by atoms with E-state index in [2.05, 4.69) is 25.3 Å². The third kappa shape index (κ3) is 4.78. The summed E-state index contributed by atoms with van der Waals surface area (Å²) in [6.45, 7) is 9.69. The molecule has 0 radical (unpaired) electrons. The summed E-state index contributed by atoms with van der Waals surface area (Å²) in [5, 5.41) is 7.95. The Morgan fingerprint density at radius 1 is 1.26 bits per heavy atom. The highest BCUT2D eigenvalue weighted by Gasteiger charge is 2.29. The number of fused-ring (bicyclic) bond motifs is 1. The smallest absolute Gasteiger partial charge is 0.263 e. The molecule has 1 aromatic carbocycles. The first-order valence-corrected chi connectivity index (χ1v) is 10.8. The second-order valence-electron chi connectivity index (χ2n) is 8.36. The van der Waals surface area contributed by atoms with Crippen molar-refractivity contribution in [2.45, 2.75) is 53.2 Å². The minimum atomic E-state index is -0.0946. The van der Waals surface area contributed by atoms with Gasteiger partial charge in [-0.05, 0) is 58.2 Å². The van der Waals surface area contributed by atoms with E-state index in [0.717, 1.165) is 47.6 Å². The zero-order valence-corrected chi connectivity index (χ0v) is 18.5. The number of piperidine rings is 1. The highest BCUT2D eigenvalue weighted by Crippen LogP contribution is 2.30. The summed E-state index contributed by atoms with van der Waals surface area (Å²) >= 11 is 0. The zero-order chi connectivity index (χ0) is 22.0. The van der Waals surface area contributed by atoms with Gasteiger partial charge in [-0.25, -0.2) is 4.98 Å². The molecule has 2 aromatic heterocycles. The lowest BCUT2D eigenvalue weighted by Crippen LogP contribution is -2.43. The molecule has 1 atom stereocenters. The molecule has 8 heteroatoms. The van der Waals surface area contributed by atoms with Crippen molar-refractivity contribution in [1.82, 2.24) is 20.4 Å². The van der Waals surface area contributed by atoms with Gasteiger partial charge in [0, 0.05) is 19.6 Å². The monoisotopic (exact) mass is 423 g/mol. The van der Waals surface area contributed by atoms with Crippen LogP contribution in [0.15, 0.2) is 28.8 Å². The molecule has 0 aliphatic carbocycles. The van der Waals surface area contributed by atoms with E-state index in [1.54, 1.807) is 0 Å². The first kappa shape index (κ1) is 21.1. The van der Waals surface area contributed by atoms with Gasteiger partial charge >= 0.3 is 0 Å². The van der Waals surface area contributed by atoms with Gasteiger partial charge in [0.15, 0.2) is 0 Å². The Labute approximate surface area is 182 Å². The first-order valence-electron chi connectivity index (χ1n) is 10.8. The standard InChI is InChI=1S/C23H29N5O3/c1-14(2)30-19-9-7-17(8-10-19)12-24-22(29)18-6-5-11-28(13-18)21-20-15(3)27-31-23(20)26-16(4)25-21/h7-10,14,18H,5-6,11-13H2,1-4H3,(H,24,29). The molecule has 0 bridgehead atoms. The maximum Gasteiger partial charge on any atom is 0.263 e. The molecule has 1 amide bonds. The first-order chi connectivity index (χ1) is 14.9. The van der Waals surface area contributed by atoms with E-state index in [4.69, 9.17) is 9.26 Å². The average Bonchev–Trinajstić information content (AvgIpc) is 3.12.